The molecule has 0 unspecified atom stereocenters. The van der Waals surface area contributed by atoms with Gasteiger partial charge in [0.05, 0.1) is 0 Å². The van der Waals surface area contributed by atoms with Crippen molar-refractivity contribution in [3.8, 4) is 0 Å². The summed E-state index contributed by atoms with van der Waals surface area (Å²) in [6.07, 6.45) is 9.79. The Balaban J connectivity index is 2.15. The zero-order chi connectivity index (χ0) is 13.2. The van der Waals surface area contributed by atoms with Crippen LogP contribution in [-0.4, -0.2) is 37.1 Å². The Bertz CT molecular complexity index is 186. The lowest BCUT2D eigenvalue weighted by Gasteiger charge is -2.30. The molecule has 0 atom stereocenters. The second-order valence-electron chi connectivity index (χ2n) is 6.28. The molecule has 108 valence electrons. The summed E-state index contributed by atoms with van der Waals surface area (Å²) in [4.78, 5) is 2.74. The molecule has 0 aliphatic heterocycles. The van der Waals surface area contributed by atoms with Crippen molar-refractivity contribution in [1.29, 1.82) is 0 Å². The van der Waals surface area contributed by atoms with Crippen molar-refractivity contribution in [2.24, 2.45) is 5.92 Å². The van der Waals surface area contributed by atoms with Crippen LogP contribution >= 0.6 is 0 Å². The lowest BCUT2D eigenvalue weighted by Crippen LogP contribution is -2.40. The van der Waals surface area contributed by atoms with E-state index in [0.717, 1.165) is 12.0 Å². The van der Waals surface area contributed by atoms with E-state index in [1.54, 1.807) is 0 Å². The number of nitrogens with zero attached hydrogens (tertiary/aromatic N) is 1. The highest BCUT2D eigenvalue weighted by atomic mass is 15.2. The van der Waals surface area contributed by atoms with Crippen LogP contribution in [0.2, 0.25) is 0 Å². The number of nitrogens with one attached hydrogen (secondary N) is 1. The third-order valence-electron chi connectivity index (χ3n) is 3.97. The molecule has 1 fully saturated rings. The third-order valence-corrected chi connectivity index (χ3v) is 3.97. The zero-order valence-electron chi connectivity index (χ0n) is 12.9. The largest absolute Gasteiger partial charge is 0.315 e. The first-order valence-electron chi connectivity index (χ1n) is 8.18. The van der Waals surface area contributed by atoms with Gasteiger partial charge < -0.3 is 5.32 Å². The Morgan fingerprint density at radius 3 is 2.44 bits per heavy atom. The summed E-state index contributed by atoms with van der Waals surface area (Å²) < 4.78 is 0. The summed E-state index contributed by atoms with van der Waals surface area (Å²) in [5, 5.41) is 3.61. The fraction of sp³-hybridized carbons (Fsp3) is 1.00. The van der Waals surface area contributed by atoms with Gasteiger partial charge >= 0.3 is 0 Å². The molecule has 0 heterocycles. The van der Waals surface area contributed by atoms with Crippen LogP contribution in [0.5, 0.6) is 0 Å². The molecule has 0 bridgehead atoms. The molecule has 0 aromatic carbocycles. The lowest BCUT2D eigenvalue weighted by molar-refractivity contribution is 0.178. The molecule has 0 spiro atoms. The molecule has 0 radical (unpaired) electrons. The smallest absolute Gasteiger partial charge is 0.0110 e. The Kier molecular flexibility index (Phi) is 8.70. The van der Waals surface area contributed by atoms with E-state index in [-0.39, 0.29) is 0 Å². The van der Waals surface area contributed by atoms with Crippen molar-refractivity contribution in [3.05, 3.63) is 0 Å². The van der Waals surface area contributed by atoms with Gasteiger partial charge in [-0.3, -0.25) is 4.90 Å². The molecule has 0 amide bonds. The van der Waals surface area contributed by atoms with Gasteiger partial charge in [-0.1, -0.05) is 46.5 Å². The van der Waals surface area contributed by atoms with Gasteiger partial charge in [0, 0.05) is 25.7 Å². The number of rotatable bonds is 10. The molecule has 1 aliphatic rings. The second kappa shape index (κ2) is 9.80. The maximum atomic E-state index is 3.61. The molecular formula is C16H34N2. The predicted octanol–water partition coefficient (Wildman–Crippen LogP) is 3.67. The molecule has 18 heavy (non-hydrogen) atoms. The van der Waals surface area contributed by atoms with Crippen molar-refractivity contribution in [2.45, 2.75) is 71.8 Å². The molecule has 1 saturated carbocycles. The topological polar surface area (TPSA) is 15.3 Å². The lowest BCUT2D eigenvalue weighted by atomic mass is 10.1. The minimum Gasteiger partial charge on any atom is -0.315 e. The number of hydrogen-bond acceptors (Lipinski definition) is 2. The van der Waals surface area contributed by atoms with Crippen LogP contribution in [0.4, 0.5) is 0 Å². The van der Waals surface area contributed by atoms with Crippen molar-refractivity contribution < 1.29 is 0 Å². The van der Waals surface area contributed by atoms with E-state index < -0.39 is 0 Å². The highest BCUT2D eigenvalue weighted by Gasteiger charge is 2.22. The Labute approximate surface area is 115 Å². The summed E-state index contributed by atoms with van der Waals surface area (Å²) in [6, 6.07) is 0.879. The van der Waals surface area contributed by atoms with Crippen LogP contribution in [0.3, 0.4) is 0 Å². The van der Waals surface area contributed by atoms with E-state index in [2.05, 4.69) is 31.0 Å². The van der Waals surface area contributed by atoms with Crippen LogP contribution in [0.25, 0.3) is 0 Å². The van der Waals surface area contributed by atoms with Crippen LogP contribution < -0.4 is 5.32 Å². The third kappa shape index (κ3) is 6.75. The first-order valence-corrected chi connectivity index (χ1v) is 8.18. The number of hydrogen-bond donors (Lipinski definition) is 1. The van der Waals surface area contributed by atoms with E-state index in [1.807, 2.05) is 0 Å². The van der Waals surface area contributed by atoms with Crippen molar-refractivity contribution in [2.75, 3.05) is 26.2 Å². The summed E-state index contributed by atoms with van der Waals surface area (Å²) in [5.74, 6) is 0.797. The van der Waals surface area contributed by atoms with Gasteiger partial charge in [0.2, 0.25) is 0 Å². The summed E-state index contributed by atoms with van der Waals surface area (Å²) in [7, 11) is 0. The molecule has 2 heteroatoms. The molecule has 0 saturated heterocycles. The van der Waals surface area contributed by atoms with Gasteiger partial charge in [-0.2, -0.15) is 0 Å². The van der Waals surface area contributed by atoms with Crippen molar-refractivity contribution >= 4 is 0 Å². The standard InChI is InChI=1S/C16H34N2/c1-4-5-8-11-17-12-13-18(14-15(2)3)16-9-6-7-10-16/h15-17H,4-14H2,1-3H3. The average Bonchev–Trinajstić information content (AvgIpc) is 2.85. The van der Waals surface area contributed by atoms with E-state index in [9.17, 15) is 0 Å². The zero-order valence-corrected chi connectivity index (χ0v) is 12.9. The molecular weight excluding hydrogens is 220 g/mol. The quantitative estimate of drug-likeness (QED) is 0.598. The highest BCUT2D eigenvalue weighted by Crippen LogP contribution is 2.23. The maximum absolute atomic E-state index is 3.61. The maximum Gasteiger partial charge on any atom is 0.0110 e. The summed E-state index contributed by atoms with van der Waals surface area (Å²) in [6.45, 7) is 11.9. The van der Waals surface area contributed by atoms with Gasteiger partial charge in [-0.05, 0) is 31.7 Å². The SMILES string of the molecule is CCCCCNCCN(CC(C)C)C1CCCC1. The minimum absolute atomic E-state index is 0.797. The van der Waals surface area contributed by atoms with Crippen LogP contribution in [0.1, 0.15) is 65.7 Å². The average molecular weight is 254 g/mol. The van der Waals surface area contributed by atoms with Crippen LogP contribution in [0, 0.1) is 5.92 Å². The van der Waals surface area contributed by atoms with Crippen molar-refractivity contribution in [3.63, 3.8) is 0 Å². The first-order chi connectivity index (χ1) is 8.74. The van der Waals surface area contributed by atoms with E-state index >= 15 is 0 Å². The fourth-order valence-electron chi connectivity index (χ4n) is 3.01. The monoisotopic (exact) mass is 254 g/mol. The Morgan fingerprint density at radius 2 is 1.83 bits per heavy atom. The highest BCUT2D eigenvalue weighted by molar-refractivity contribution is 4.78. The molecule has 0 aromatic heterocycles. The van der Waals surface area contributed by atoms with Gasteiger partial charge in [0.15, 0.2) is 0 Å². The van der Waals surface area contributed by atoms with E-state index in [1.165, 1.54) is 71.1 Å². The molecule has 1 rings (SSSR count). The van der Waals surface area contributed by atoms with Gasteiger partial charge in [-0.25, -0.2) is 0 Å². The van der Waals surface area contributed by atoms with Crippen LogP contribution in [0.15, 0.2) is 0 Å². The molecule has 1 aliphatic carbocycles. The normalized spacial score (nSPS) is 17.2. The van der Waals surface area contributed by atoms with Gasteiger partial charge in [-0.15, -0.1) is 0 Å². The molecule has 0 aromatic rings. The van der Waals surface area contributed by atoms with Crippen molar-refractivity contribution in [1.82, 2.24) is 10.2 Å². The van der Waals surface area contributed by atoms with Gasteiger partial charge in [0.25, 0.3) is 0 Å². The minimum atomic E-state index is 0.797. The second-order valence-corrected chi connectivity index (χ2v) is 6.28. The predicted molar refractivity (Wildman–Crippen MR) is 81.1 cm³/mol. The Morgan fingerprint density at radius 1 is 1.11 bits per heavy atom. The molecule has 2 nitrogen and oxygen atoms in total. The van der Waals surface area contributed by atoms with E-state index in [4.69, 9.17) is 0 Å². The Hall–Kier alpha value is -0.0800. The van der Waals surface area contributed by atoms with Gasteiger partial charge in [0.1, 0.15) is 0 Å². The summed E-state index contributed by atoms with van der Waals surface area (Å²) >= 11 is 0. The fourth-order valence-corrected chi connectivity index (χ4v) is 3.01. The van der Waals surface area contributed by atoms with Crippen LogP contribution in [-0.2, 0) is 0 Å². The summed E-state index contributed by atoms with van der Waals surface area (Å²) in [5.41, 5.74) is 0. The first kappa shape index (κ1) is 16.0. The molecule has 1 N–H and O–H groups in total. The number of unbranched alkanes of at least 4 members (excludes halogenated alkanes) is 2. The van der Waals surface area contributed by atoms with E-state index in [0.29, 0.717) is 0 Å².